The zero-order valence-electron chi connectivity index (χ0n) is 11.8. The summed E-state index contributed by atoms with van der Waals surface area (Å²) in [7, 11) is 3.30. The van der Waals surface area contributed by atoms with Crippen LogP contribution in [0.1, 0.15) is 17.2 Å². The predicted molar refractivity (Wildman–Crippen MR) is 76.5 cm³/mol. The summed E-state index contributed by atoms with van der Waals surface area (Å²) in [4.78, 5) is 4.28. The van der Waals surface area contributed by atoms with Crippen LogP contribution in [0.15, 0.2) is 30.7 Å². The third-order valence-electron chi connectivity index (χ3n) is 3.75. The summed E-state index contributed by atoms with van der Waals surface area (Å²) in [6.45, 7) is 2.88. The van der Waals surface area contributed by atoms with Crippen LogP contribution in [0.4, 0.5) is 0 Å². The van der Waals surface area contributed by atoms with Crippen LogP contribution in [0.3, 0.4) is 0 Å². The molecule has 1 aromatic carbocycles. The van der Waals surface area contributed by atoms with E-state index in [1.807, 2.05) is 24.7 Å². The fourth-order valence-corrected chi connectivity index (χ4v) is 2.48. The molecule has 1 aliphatic rings. The molecule has 0 saturated carbocycles. The van der Waals surface area contributed by atoms with Crippen molar-refractivity contribution < 1.29 is 9.47 Å². The van der Waals surface area contributed by atoms with Crippen LogP contribution >= 0.6 is 0 Å². The zero-order chi connectivity index (χ0) is 13.9. The van der Waals surface area contributed by atoms with E-state index >= 15 is 0 Å². The Kier molecular flexibility index (Phi) is 3.60. The van der Waals surface area contributed by atoms with E-state index in [0.717, 1.165) is 31.1 Å². The summed E-state index contributed by atoms with van der Waals surface area (Å²) in [6, 6.07) is 6.02. The number of hydrogen-bond donors (Lipinski definition) is 1. The van der Waals surface area contributed by atoms with Crippen LogP contribution < -0.4 is 14.8 Å². The van der Waals surface area contributed by atoms with Crippen LogP contribution in [-0.4, -0.2) is 36.9 Å². The van der Waals surface area contributed by atoms with Gasteiger partial charge in [-0.3, -0.25) is 0 Å². The molecule has 0 atom stereocenters. The minimum absolute atomic E-state index is 0.581. The molecule has 1 fully saturated rings. The van der Waals surface area contributed by atoms with Crippen molar-refractivity contribution in [1.29, 1.82) is 0 Å². The second-order valence-electron chi connectivity index (χ2n) is 4.99. The molecule has 1 N–H and O–H groups in total. The molecule has 20 heavy (non-hydrogen) atoms. The Labute approximate surface area is 118 Å². The lowest BCUT2D eigenvalue weighted by Crippen LogP contribution is -2.40. The average molecular weight is 273 g/mol. The smallest absolute Gasteiger partial charge is 0.161 e. The average Bonchev–Trinajstić information content (AvgIpc) is 2.84. The number of nitrogens with zero attached hydrogens (tertiary/aromatic N) is 2. The highest BCUT2D eigenvalue weighted by atomic mass is 16.5. The highest BCUT2D eigenvalue weighted by molar-refractivity contribution is 5.43. The largest absolute Gasteiger partial charge is 0.493 e. The molecule has 5 nitrogen and oxygen atoms in total. The summed E-state index contributed by atoms with van der Waals surface area (Å²) < 4.78 is 12.8. The molecule has 2 aromatic rings. The maximum absolute atomic E-state index is 5.35. The first-order valence-electron chi connectivity index (χ1n) is 6.73. The summed E-state index contributed by atoms with van der Waals surface area (Å²) in [5, 5.41) is 3.30. The first-order valence-corrected chi connectivity index (χ1v) is 6.73. The molecule has 0 radical (unpaired) electrons. The quantitative estimate of drug-likeness (QED) is 0.899. The molecule has 2 heterocycles. The third kappa shape index (κ3) is 2.36. The fraction of sp³-hybridized carbons (Fsp3) is 0.400. The van der Waals surface area contributed by atoms with Gasteiger partial charge in [-0.2, -0.15) is 0 Å². The van der Waals surface area contributed by atoms with Crippen molar-refractivity contribution in [2.24, 2.45) is 0 Å². The first-order chi connectivity index (χ1) is 9.81. The monoisotopic (exact) mass is 273 g/mol. The summed E-state index contributed by atoms with van der Waals surface area (Å²) in [5.74, 6) is 2.10. The number of rotatable bonds is 5. The minimum atomic E-state index is 0.581. The van der Waals surface area contributed by atoms with Crippen LogP contribution in [-0.2, 0) is 6.54 Å². The second kappa shape index (κ2) is 5.54. The van der Waals surface area contributed by atoms with Crippen molar-refractivity contribution in [3.05, 3.63) is 42.0 Å². The molecule has 5 heteroatoms. The lowest BCUT2D eigenvalue weighted by Gasteiger charge is -2.27. The highest BCUT2D eigenvalue weighted by Crippen LogP contribution is 2.28. The Morgan fingerprint density at radius 2 is 2.05 bits per heavy atom. The van der Waals surface area contributed by atoms with Crippen molar-refractivity contribution in [3.63, 3.8) is 0 Å². The molecule has 1 aromatic heterocycles. The third-order valence-corrected chi connectivity index (χ3v) is 3.75. The number of imidazole rings is 1. The minimum Gasteiger partial charge on any atom is -0.493 e. The van der Waals surface area contributed by atoms with Gasteiger partial charge in [0, 0.05) is 37.4 Å². The number of ether oxygens (including phenoxy) is 2. The molecule has 0 spiro atoms. The SMILES string of the molecule is COc1ccc(Cn2cncc2C2CNC2)cc1OC. The van der Waals surface area contributed by atoms with Gasteiger partial charge in [0.05, 0.1) is 20.5 Å². The molecule has 106 valence electrons. The maximum Gasteiger partial charge on any atom is 0.161 e. The number of nitrogens with one attached hydrogen (secondary N) is 1. The van der Waals surface area contributed by atoms with Crippen molar-refractivity contribution in [2.45, 2.75) is 12.5 Å². The molecule has 0 bridgehead atoms. The molecule has 0 unspecified atom stereocenters. The van der Waals surface area contributed by atoms with E-state index in [0.29, 0.717) is 5.92 Å². The normalized spacial score (nSPS) is 14.9. The van der Waals surface area contributed by atoms with Gasteiger partial charge in [0.25, 0.3) is 0 Å². The summed E-state index contributed by atoms with van der Waals surface area (Å²) in [5.41, 5.74) is 2.47. The number of benzene rings is 1. The maximum atomic E-state index is 5.35. The highest BCUT2D eigenvalue weighted by Gasteiger charge is 2.22. The standard InChI is InChI=1S/C15H19N3O2/c1-19-14-4-3-11(5-15(14)20-2)9-18-10-17-8-13(18)12-6-16-7-12/h3-5,8,10,12,16H,6-7,9H2,1-2H3. The van der Waals surface area contributed by atoms with Gasteiger partial charge in [-0.25, -0.2) is 4.98 Å². The van der Waals surface area contributed by atoms with Gasteiger partial charge < -0.3 is 19.4 Å². The van der Waals surface area contributed by atoms with Crippen molar-refractivity contribution in [3.8, 4) is 11.5 Å². The van der Waals surface area contributed by atoms with Gasteiger partial charge >= 0.3 is 0 Å². The predicted octanol–water partition coefficient (Wildman–Crippen LogP) is 1.64. The van der Waals surface area contributed by atoms with Crippen LogP contribution in [0.25, 0.3) is 0 Å². The molecule has 0 amide bonds. The number of hydrogen-bond acceptors (Lipinski definition) is 4. The van der Waals surface area contributed by atoms with Gasteiger partial charge in [0.1, 0.15) is 0 Å². The topological polar surface area (TPSA) is 48.3 Å². The Morgan fingerprint density at radius 1 is 1.25 bits per heavy atom. The molecule has 1 saturated heterocycles. The van der Waals surface area contributed by atoms with Crippen molar-refractivity contribution in [1.82, 2.24) is 14.9 Å². The Bertz CT molecular complexity index is 591. The number of methoxy groups -OCH3 is 2. The Hall–Kier alpha value is -2.01. The molecule has 0 aliphatic carbocycles. The van der Waals surface area contributed by atoms with Gasteiger partial charge in [0.15, 0.2) is 11.5 Å². The van der Waals surface area contributed by atoms with Crippen LogP contribution in [0, 0.1) is 0 Å². The van der Waals surface area contributed by atoms with Crippen LogP contribution in [0.2, 0.25) is 0 Å². The number of aromatic nitrogens is 2. The second-order valence-corrected chi connectivity index (χ2v) is 4.99. The van der Waals surface area contributed by atoms with E-state index in [2.05, 4.69) is 20.9 Å². The van der Waals surface area contributed by atoms with E-state index < -0.39 is 0 Å². The van der Waals surface area contributed by atoms with Gasteiger partial charge in [-0.15, -0.1) is 0 Å². The molecular formula is C15H19N3O2. The van der Waals surface area contributed by atoms with E-state index in [9.17, 15) is 0 Å². The van der Waals surface area contributed by atoms with Crippen molar-refractivity contribution in [2.75, 3.05) is 27.3 Å². The molecule has 1 aliphatic heterocycles. The van der Waals surface area contributed by atoms with Gasteiger partial charge in [-0.05, 0) is 17.7 Å². The van der Waals surface area contributed by atoms with Gasteiger partial charge in [-0.1, -0.05) is 6.07 Å². The van der Waals surface area contributed by atoms with Crippen LogP contribution in [0.5, 0.6) is 11.5 Å². The van der Waals surface area contributed by atoms with E-state index in [-0.39, 0.29) is 0 Å². The zero-order valence-corrected chi connectivity index (χ0v) is 11.8. The van der Waals surface area contributed by atoms with Gasteiger partial charge in [0.2, 0.25) is 0 Å². The molecule has 3 rings (SSSR count). The van der Waals surface area contributed by atoms with E-state index in [1.165, 1.54) is 11.3 Å². The summed E-state index contributed by atoms with van der Waals surface area (Å²) in [6.07, 6.45) is 3.86. The Morgan fingerprint density at radius 3 is 2.70 bits per heavy atom. The lowest BCUT2D eigenvalue weighted by atomic mass is 10.00. The first kappa shape index (κ1) is 13.0. The van der Waals surface area contributed by atoms with Crippen molar-refractivity contribution >= 4 is 0 Å². The fourth-order valence-electron chi connectivity index (χ4n) is 2.48. The molecular weight excluding hydrogens is 254 g/mol. The van der Waals surface area contributed by atoms with E-state index in [4.69, 9.17) is 9.47 Å². The van der Waals surface area contributed by atoms with E-state index in [1.54, 1.807) is 14.2 Å². The summed E-state index contributed by atoms with van der Waals surface area (Å²) >= 11 is 0. The Balaban J connectivity index is 1.82. The lowest BCUT2D eigenvalue weighted by molar-refractivity contribution is 0.354.